The van der Waals surface area contributed by atoms with Crippen molar-refractivity contribution < 1.29 is 9.90 Å². The van der Waals surface area contributed by atoms with E-state index in [1.165, 1.54) is 0 Å². The summed E-state index contributed by atoms with van der Waals surface area (Å²) < 4.78 is 0. The summed E-state index contributed by atoms with van der Waals surface area (Å²) in [7, 11) is 0. The van der Waals surface area contributed by atoms with Gasteiger partial charge in [0.1, 0.15) is 0 Å². The van der Waals surface area contributed by atoms with E-state index in [1.807, 2.05) is 54.7 Å². The molecule has 2 aromatic carbocycles. The molecule has 0 bridgehead atoms. The molecule has 20 heavy (non-hydrogen) atoms. The van der Waals surface area contributed by atoms with Crippen LogP contribution in [0.5, 0.6) is 0 Å². The van der Waals surface area contributed by atoms with Crippen LogP contribution in [0, 0.1) is 0 Å². The SMILES string of the molecule is O=C(O)Cc1ccc(-c2cnc3ccccc3c2)cc1. The number of aliphatic carboxylic acids is 1. The molecule has 0 unspecified atom stereocenters. The van der Waals surface area contributed by atoms with Crippen molar-refractivity contribution in [2.75, 3.05) is 0 Å². The van der Waals surface area contributed by atoms with Crippen molar-refractivity contribution in [1.29, 1.82) is 0 Å². The third-order valence-corrected chi connectivity index (χ3v) is 3.23. The van der Waals surface area contributed by atoms with Gasteiger partial charge in [-0.1, -0.05) is 42.5 Å². The van der Waals surface area contributed by atoms with Crippen molar-refractivity contribution in [1.82, 2.24) is 4.98 Å². The van der Waals surface area contributed by atoms with Gasteiger partial charge >= 0.3 is 5.97 Å². The van der Waals surface area contributed by atoms with Crippen LogP contribution in [0.3, 0.4) is 0 Å². The summed E-state index contributed by atoms with van der Waals surface area (Å²) in [6.45, 7) is 0. The summed E-state index contributed by atoms with van der Waals surface area (Å²) in [5, 5.41) is 9.86. The smallest absolute Gasteiger partial charge is 0.307 e. The van der Waals surface area contributed by atoms with Gasteiger partial charge in [0, 0.05) is 17.1 Å². The molecule has 0 atom stereocenters. The minimum absolute atomic E-state index is 0.0518. The zero-order chi connectivity index (χ0) is 13.9. The third-order valence-electron chi connectivity index (χ3n) is 3.23. The quantitative estimate of drug-likeness (QED) is 0.786. The lowest BCUT2D eigenvalue weighted by molar-refractivity contribution is -0.136. The van der Waals surface area contributed by atoms with Crippen molar-refractivity contribution >= 4 is 16.9 Å². The van der Waals surface area contributed by atoms with E-state index in [0.29, 0.717) is 0 Å². The lowest BCUT2D eigenvalue weighted by Crippen LogP contribution is -1.99. The number of hydrogen-bond acceptors (Lipinski definition) is 2. The van der Waals surface area contributed by atoms with Gasteiger partial charge in [-0.05, 0) is 23.3 Å². The Kier molecular flexibility index (Phi) is 3.17. The Morgan fingerprint density at radius 1 is 1.00 bits per heavy atom. The molecule has 0 radical (unpaired) electrons. The average Bonchev–Trinajstić information content (AvgIpc) is 2.47. The number of benzene rings is 2. The number of nitrogens with zero attached hydrogens (tertiary/aromatic N) is 1. The van der Waals surface area contributed by atoms with Crippen molar-refractivity contribution in [3.05, 3.63) is 66.4 Å². The molecule has 1 N–H and O–H groups in total. The van der Waals surface area contributed by atoms with Gasteiger partial charge in [0.2, 0.25) is 0 Å². The first-order chi connectivity index (χ1) is 9.72. The number of carbonyl (C=O) groups is 1. The predicted molar refractivity (Wildman–Crippen MR) is 78.5 cm³/mol. The van der Waals surface area contributed by atoms with E-state index in [1.54, 1.807) is 0 Å². The lowest BCUT2D eigenvalue weighted by atomic mass is 10.0. The van der Waals surface area contributed by atoms with Crippen molar-refractivity contribution in [3.8, 4) is 11.1 Å². The zero-order valence-electron chi connectivity index (χ0n) is 10.8. The van der Waals surface area contributed by atoms with Crippen LogP contribution in [0.1, 0.15) is 5.56 Å². The fraction of sp³-hybridized carbons (Fsp3) is 0.0588. The molecule has 3 rings (SSSR count). The Morgan fingerprint density at radius 2 is 1.75 bits per heavy atom. The maximum absolute atomic E-state index is 10.7. The number of carboxylic acid groups (broad SMARTS) is 1. The molecule has 0 fully saturated rings. The van der Waals surface area contributed by atoms with E-state index >= 15 is 0 Å². The maximum atomic E-state index is 10.7. The first-order valence-electron chi connectivity index (χ1n) is 6.38. The average molecular weight is 263 g/mol. The van der Waals surface area contributed by atoms with Gasteiger partial charge in [0.05, 0.1) is 11.9 Å². The standard InChI is InChI=1S/C17H13NO2/c19-17(20)9-12-5-7-13(8-6-12)15-10-14-3-1-2-4-16(14)18-11-15/h1-8,10-11H,9H2,(H,19,20). The molecule has 3 aromatic rings. The Labute approximate surface area is 116 Å². The second-order valence-corrected chi connectivity index (χ2v) is 4.68. The number of hydrogen-bond donors (Lipinski definition) is 1. The molecule has 1 aromatic heterocycles. The highest BCUT2D eigenvalue weighted by atomic mass is 16.4. The van der Waals surface area contributed by atoms with E-state index in [-0.39, 0.29) is 6.42 Å². The predicted octanol–water partition coefficient (Wildman–Crippen LogP) is 3.53. The van der Waals surface area contributed by atoms with Crippen molar-refractivity contribution in [2.45, 2.75) is 6.42 Å². The third kappa shape index (κ3) is 2.52. The number of aromatic nitrogens is 1. The molecule has 0 aliphatic rings. The van der Waals surface area contributed by atoms with Crippen LogP contribution in [-0.4, -0.2) is 16.1 Å². The molecule has 98 valence electrons. The van der Waals surface area contributed by atoms with Crippen LogP contribution in [0.2, 0.25) is 0 Å². The molecule has 0 amide bonds. The molecule has 3 heteroatoms. The van der Waals surface area contributed by atoms with Gasteiger partial charge in [-0.15, -0.1) is 0 Å². The number of pyridine rings is 1. The van der Waals surface area contributed by atoms with Crippen LogP contribution in [0.15, 0.2) is 60.8 Å². The Hall–Kier alpha value is -2.68. The molecule has 0 aliphatic carbocycles. The highest BCUT2D eigenvalue weighted by Gasteiger charge is 2.03. The van der Waals surface area contributed by atoms with E-state index in [9.17, 15) is 4.79 Å². The number of carboxylic acids is 1. The van der Waals surface area contributed by atoms with Crippen LogP contribution in [0.25, 0.3) is 22.0 Å². The van der Waals surface area contributed by atoms with E-state index in [0.717, 1.165) is 27.6 Å². The van der Waals surface area contributed by atoms with Gasteiger partial charge in [0.25, 0.3) is 0 Å². The van der Waals surface area contributed by atoms with Crippen LogP contribution in [-0.2, 0) is 11.2 Å². The lowest BCUT2D eigenvalue weighted by Gasteiger charge is -2.04. The fourth-order valence-corrected chi connectivity index (χ4v) is 2.22. The largest absolute Gasteiger partial charge is 0.481 e. The molecule has 0 saturated heterocycles. The highest BCUT2D eigenvalue weighted by molar-refractivity contribution is 5.83. The molecule has 0 saturated carbocycles. The van der Waals surface area contributed by atoms with Crippen LogP contribution < -0.4 is 0 Å². The fourth-order valence-electron chi connectivity index (χ4n) is 2.22. The van der Waals surface area contributed by atoms with E-state index in [2.05, 4.69) is 11.1 Å². The second kappa shape index (κ2) is 5.13. The maximum Gasteiger partial charge on any atom is 0.307 e. The van der Waals surface area contributed by atoms with Crippen molar-refractivity contribution in [2.24, 2.45) is 0 Å². The topological polar surface area (TPSA) is 50.2 Å². The summed E-state index contributed by atoms with van der Waals surface area (Å²) in [5.41, 5.74) is 3.84. The van der Waals surface area contributed by atoms with E-state index < -0.39 is 5.97 Å². The summed E-state index contributed by atoms with van der Waals surface area (Å²) >= 11 is 0. The molecule has 3 nitrogen and oxygen atoms in total. The first-order valence-corrected chi connectivity index (χ1v) is 6.38. The monoisotopic (exact) mass is 263 g/mol. The zero-order valence-corrected chi connectivity index (χ0v) is 10.8. The minimum Gasteiger partial charge on any atom is -0.481 e. The number of rotatable bonds is 3. The van der Waals surface area contributed by atoms with Crippen LogP contribution >= 0.6 is 0 Å². The minimum atomic E-state index is -0.815. The van der Waals surface area contributed by atoms with Gasteiger partial charge < -0.3 is 5.11 Å². The van der Waals surface area contributed by atoms with Crippen LogP contribution in [0.4, 0.5) is 0 Å². The van der Waals surface area contributed by atoms with Gasteiger partial charge in [0.15, 0.2) is 0 Å². The summed E-state index contributed by atoms with van der Waals surface area (Å²) in [4.78, 5) is 15.1. The Bertz CT molecular complexity index is 763. The summed E-state index contributed by atoms with van der Waals surface area (Å²) in [5.74, 6) is -0.815. The first kappa shape index (κ1) is 12.4. The normalized spacial score (nSPS) is 10.6. The molecular formula is C17H13NO2. The van der Waals surface area contributed by atoms with Gasteiger partial charge in [-0.2, -0.15) is 0 Å². The van der Waals surface area contributed by atoms with Gasteiger partial charge in [-0.3, -0.25) is 9.78 Å². The second-order valence-electron chi connectivity index (χ2n) is 4.68. The highest BCUT2D eigenvalue weighted by Crippen LogP contribution is 2.23. The number of fused-ring (bicyclic) bond motifs is 1. The summed E-state index contributed by atoms with van der Waals surface area (Å²) in [6.07, 6.45) is 1.89. The molecule has 0 aliphatic heterocycles. The molecule has 1 heterocycles. The molecule has 0 spiro atoms. The van der Waals surface area contributed by atoms with E-state index in [4.69, 9.17) is 5.11 Å². The Balaban J connectivity index is 1.96. The Morgan fingerprint density at radius 3 is 2.50 bits per heavy atom. The van der Waals surface area contributed by atoms with Crippen molar-refractivity contribution in [3.63, 3.8) is 0 Å². The number of para-hydroxylation sites is 1. The molecular weight excluding hydrogens is 250 g/mol. The summed E-state index contributed by atoms with van der Waals surface area (Å²) in [6, 6.07) is 17.6. The van der Waals surface area contributed by atoms with Gasteiger partial charge in [-0.25, -0.2) is 0 Å².